The molecule has 0 bridgehead atoms. The second kappa shape index (κ2) is 6.62. The number of aliphatic hydroxyl groups is 3. The van der Waals surface area contributed by atoms with Gasteiger partial charge in [-0.2, -0.15) is 0 Å². The van der Waals surface area contributed by atoms with E-state index in [9.17, 15) is 24.9 Å². The van der Waals surface area contributed by atoms with Gasteiger partial charge >= 0.3 is 12.2 Å². The summed E-state index contributed by atoms with van der Waals surface area (Å²) < 4.78 is 10.4. The molecule has 8 nitrogen and oxygen atoms in total. The first-order valence-corrected chi connectivity index (χ1v) is 7.52. The van der Waals surface area contributed by atoms with Crippen molar-refractivity contribution in [2.24, 2.45) is 0 Å². The summed E-state index contributed by atoms with van der Waals surface area (Å²) in [5.41, 5.74) is -1.73. The number of rotatable bonds is 1. The minimum atomic E-state index is -1.48. The number of hydrogen-bond donors (Lipinski definition) is 3. The predicted molar refractivity (Wildman–Crippen MR) is 80.7 cm³/mol. The molecular formula is C15H27NO7. The van der Waals surface area contributed by atoms with Crippen LogP contribution in [0.1, 0.15) is 48.0 Å². The molecule has 1 saturated carbocycles. The lowest BCUT2D eigenvalue weighted by molar-refractivity contribution is -0.0433. The third-order valence-corrected chi connectivity index (χ3v) is 3.13. The van der Waals surface area contributed by atoms with Gasteiger partial charge in [-0.3, -0.25) is 0 Å². The number of aliphatic hydroxyl groups excluding tert-OH is 3. The van der Waals surface area contributed by atoms with Crippen LogP contribution in [0.5, 0.6) is 0 Å². The maximum Gasteiger partial charge on any atom is 0.420 e. The smallest absolute Gasteiger partial charge is 0.420 e. The van der Waals surface area contributed by atoms with Crippen molar-refractivity contribution in [1.82, 2.24) is 4.90 Å². The molecule has 1 rings (SSSR count). The molecular weight excluding hydrogens is 306 g/mol. The summed E-state index contributed by atoms with van der Waals surface area (Å²) in [7, 11) is 0. The number of nitrogens with zero attached hydrogens (tertiary/aromatic N) is 1. The third kappa shape index (κ3) is 5.33. The SMILES string of the molecule is CC(C)(C)OC(=O)N(C(=O)OC(C)(C)C)C1CC(O)C(O)C1O. The zero-order chi connectivity index (χ0) is 18.2. The minimum Gasteiger partial charge on any atom is -0.443 e. The van der Waals surface area contributed by atoms with Gasteiger partial charge in [0.2, 0.25) is 0 Å². The van der Waals surface area contributed by atoms with E-state index in [0.29, 0.717) is 4.90 Å². The molecule has 0 aromatic carbocycles. The predicted octanol–water partition coefficient (Wildman–Crippen LogP) is 1.01. The van der Waals surface area contributed by atoms with E-state index in [0.717, 1.165) is 0 Å². The van der Waals surface area contributed by atoms with Crippen molar-refractivity contribution < 1.29 is 34.4 Å². The monoisotopic (exact) mass is 333 g/mol. The van der Waals surface area contributed by atoms with Gasteiger partial charge in [0.1, 0.15) is 23.4 Å². The maximum absolute atomic E-state index is 12.4. The van der Waals surface area contributed by atoms with Crippen LogP contribution in [-0.4, -0.2) is 68.0 Å². The van der Waals surface area contributed by atoms with Gasteiger partial charge in [-0.1, -0.05) is 0 Å². The van der Waals surface area contributed by atoms with Crippen LogP contribution in [-0.2, 0) is 9.47 Å². The van der Waals surface area contributed by atoms with Crippen molar-refractivity contribution in [1.29, 1.82) is 0 Å². The van der Waals surface area contributed by atoms with Gasteiger partial charge in [0.25, 0.3) is 0 Å². The summed E-state index contributed by atoms with van der Waals surface area (Å²) in [6.07, 6.45) is -6.35. The van der Waals surface area contributed by atoms with Gasteiger partial charge in [-0.25, -0.2) is 14.5 Å². The summed E-state index contributed by atoms with van der Waals surface area (Å²) in [4.78, 5) is 25.3. The molecule has 1 aliphatic rings. The molecule has 1 fully saturated rings. The molecule has 0 aliphatic heterocycles. The molecule has 4 atom stereocenters. The Morgan fingerprint density at radius 2 is 1.26 bits per heavy atom. The number of carbonyl (C=O) groups is 2. The number of ether oxygens (including phenoxy) is 2. The van der Waals surface area contributed by atoms with E-state index in [1.807, 2.05) is 0 Å². The fraction of sp³-hybridized carbons (Fsp3) is 0.867. The highest BCUT2D eigenvalue weighted by Gasteiger charge is 2.49. The lowest BCUT2D eigenvalue weighted by Gasteiger charge is -2.33. The third-order valence-electron chi connectivity index (χ3n) is 3.13. The molecule has 1 aliphatic carbocycles. The molecule has 134 valence electrons. The van der Waals surface area contributed by atoms with Crippen molar-refractivity contribution in [2.75, 3.05) is 0 Å². The number of carbonyl (C=O) groups excluding carboxylic acids is 2. The Bertz CT molecular complexity index is 424. The lowest BCUT2D eigenvalue weighted by Crippen LogP contribution is -2.52. The number of imide groups is 1. The van der Waals surface area contributed by atoms with Crippen molar-refractivity contribution in [3.8, 4) is 0 Å². The first-order valence-electron chi connectivity index (χ1n) is 7.52. The first kappa shape index (κ1) is 19.7. The average Bonchev–Trinajstić information content (AvgIpc) is 2.53. The molecule has 0 saturated heterocycles. The summed E-state index contributed by atoms with van der Waals surface area (Å²) in [5.74, 6) is 0. The van der Waals surface area contributed by atoms with Crippen molar-refractivity contribution in [3.63, 3.8) is 0 Å². The van der Waals surface area contributed by atoms with Gasteiger partial charge in [0.05, 0.1) is 12.1 Å². The van der Waals surface area contributed by atoms with Crippen LogP contribution in [0.15, 0.2) is 0 Å². The van der Waals surface area contributed by atoms with Crippen LogP contribution in [0.2, 0.25) is 0 Å². The quantitative estimate of drug-likeness (QED) is 0.655. The molecule has 8 heteroatoms. The van der Waals surface area contributed by atoms with Crippen molar-refractivity contribution >= 4 is 12.2 Å². The average molecular weight is 333 g/mol. The van der Waals surface area contributed by atoms with Crippen LogP contribution in [0.3, 0.4) is 0 Å². The van der Waals surface area contributed by atoms with Gasteiger partial charge in [-0.05, 0) is 48.0 Å². The molecule has 23 heavy (non-hydrogen) atoms. The van der Waals surface area contributed by atoms with E-state index in [1.165, 1.54) is 0 Å². The topological polar surface area (TPSA) is 117 Å². The molecule has 4 unspecified atom stereocenters. The molecule has 0 aromatic heterocycles. The van der Waals surface area contributed by atoms with Crippen LogP contribution in [0.4, 0.5) is 9.59 Å². The summed E-state index contributed by atoms with van der Waals surface area (Å²) in [6.45, 7) is 9.79. The van der Waals surface area contributed by atoms with Gasteiger partial charge in [0.15, 0.2) is 0 Å². The van der Waals surface area contributed by atoms with E-state index < -0.39 is 47.7 Å². The van der Waals surface area contributed by atoms with Gasteiger partial charge < -0.3 is 24.8 Å². The molecule has 0 aromatic rings. The zero-order valence-corrected chi connectivity index (χ0v) is 14.4. The molecule has 0 radical (unpaired) electrons. The van der Waals surface area contributed by atoms with E-state index in [-0.39, 0.29) is 6.42 Å². The van der Waals surface area contributed by atoms with E-state index in [2.05, 4.69) is 0 Å². The first-order chi connectivity index (χ1) is 10.2. The van der Waals surface area contributed by atoms with Crippen LogP contribution < -0.4 is 0 Å². The van der Waals surface area contributed by atoms with Crippen molar-refractivity contribution in [2.45, 2.75) is 83.5 Å². The highest BCUT2D eigenvalue weighted by molar-refractivity contribution is 5.88. The molecule has 0 spiro atoms. The number of amides is 2. The Hall–Kier alpha value is -1.38. The van der Waals surface area contributed by atoms with Crippen molar-refractivity contribution in [3.05, 3.63) is 0 Å². The Balaban J connectivity index is 3.07. The van der Waals surface area contributed by atoms with Crippen LogP contribution >= 0.6 is 0 Å². The molecule has 3 N–H and O–H groups in total. The highest BCUT2D eigenvalue weighted by Crippen LogP contribution is 2.28. The van der Waals surface area contributed by atoms with Gasteiger partial charge in [-0.15, -0.1) is 0 Å². The largest absolute Gasteiger partial charge is 0.443 e. The second-order valence-electron chi connectivity index (χ2n) is 7.68. The number of hydrogen-bond acceptors (Lipinski definition) is 7. The standard InChI is InChI=1S/C15H27NO7/c1-14(2,3)22-12(20)16(13(21)23-15(4,5)6)8-7-9(17)11(19)10(8)18/h8-11,17-19H,7H2,1-6H3. The van der Waals surface area contributed by atoms with E-state index in [1.54, 1.807) is 41.5 Å². The zero-order valence-electron chi connectivity index (χ0n) is 14.4. The second-order valence-corrected chi connectivity index (χ2v) is 7.68. The fourth-order valence-electron chi connectivity index (χ4n) is 2.21. The maximum atomic E-state index is 12.4. The molecule has 2 amide bonds. The molecule has 0 heterocycles. The Labute approximate surface area is 136 Å². The van der Waals surface area contributed by atoms with Crippen LogP contribution in [0.25, 0.3) is 0 Å². The lowest BCUT2D eigenvalue weighted by atomic mass is 10.1. The minimum absolute atomic E-state index is 0.166. The fourth-order valence-corrected chi connectivity index (χ4v) is 2.21. The Morgan fingerprint density at radius 3 is 1.52 bits per heavy atom. The highest BCUT2D eigenvalue weighted by atomic mass is 16.6. The van der Waals surface area contributed by atoms with E-state index >= 15 is 0 Å². The van der Waals surface area contributed by atoms with E-state index in [4.69, 9.17) is 9.47 Å². The van der Waals surface area contributed by atoms with Gasteiger partial charge in [0, 0.05) is 0 Å². The Kier molecular flexibility index (Phi) is 5.66. The summed E-state index contributed by atoms with van der Waals surface area (Å²) in [5, 5.41) is 29.4. The summed E-state index contributed by atoms with van der Waals surface area (Å²) in [6, 6.07) is -1.13. The Morgan fingerprint density at radius 1 is 0.870 bits per heavy atom. The summed E-state index contributed by atoms with van der Waals surface area (Å²) >= 11 is 0. The normalized spacial score (nSPS) is 28.4. The van der Waals surface area contributed by atoms with Crippen LogP contribution in [0, 0.1) is 0 Å².